The van der Waals surface area contributed by atoms with E-state index in [1.54, 1.807) is 6.07 Å². The number of aromatic hydroxyl groups is 1. The molecule has 0 atom stereocenters. The summed E-state index contributed by atoms with van der Waals surface area (Å²) in [6.07, 6.45) is 1.77. The lowest BCUT2D eigenvalue weighted by molar-refractivity contribution is -0.135. The Labute approximate surface area is 141 Å². The Morgan fingerprint density at radius 2 is 1.42 bits per heavy atom. The Morgan fingerprint density at radius 3 is 1.83 bits per heavy atom. The minimum absolute atomic E-state index is 0.0507. The molecule has 0 radical (unpaired) electrons. The van der Waals surface area contributed by atoms with Gasteiger partial charge >= 0.3 is 0 Å². The summed E-state index contributed by atoms with van der Waals surface area (Å²) < 4.78 is 10.8. The van der Waals surface area contributed by atoms with Crippen molar-refractivity contribution in [3.05, 3.63) is 12.1 Å². The van der Waals surface area contributed by atoms with Crippen LogP contribution in [0.1, 0.15) is 40.5 Å². The molecule has 138 valence electrons. The second-order valence-corrected chi connectivity index (χ2v) is 4.56. The van der Waals surface area contributed by atoms with Crippen LogP contribution < -0.4 is 15.2 Å². The Balaban J connectivity index is 0. The zero-order chi connectivity index (χ0) is 19.1. The first kappa shape index (κ1) is 23.6. The van der Waals surface area contributed by atoms with Crippen molar-refractivity contribution in [2.24, 2.45) is 0 Å². The van der Waals surface area contributed by atoms with Crippen molar-refractivity contribution in [3.63, 3.8) is 0 Å². The number of nitrogens with two attached hydrogens (primary N) is 1. The number of carboxylic acids is 2. The Hall–Kier alpha value is -2.64. The topological polar surface area (TPSA) is 139 Å². The van der Waals surface area contributed by atoms with Crippen LogP contribution in [0.25, 0.3) is 0 Å². The lowest BCUT2D eigenvalue weighted by Gasteiger charge is -2.13. The molecule has 0 aliphatic carbocycles. The van der Waals surface area contributed by atoms with E-state index >= 15 is 0 Å². The number of carbonyl (C=O) groups is 2. The van der Waals surface area contributed by atoms with E-state index < -0.39 is 11.9 Å². The fraction of sp³-hybridized carbons (Fsp3) is 0.500. The van der Waals surface area contributed by atoms with E-state index in [0.29, 0.717) is 30.4 Å². The lowest BCUT2D eigenvalue weighted by Crippen LogP contribution is -2.03. The maximum absolute atomic E-state index is 9.61. The number of rotatable bonds is 6. The molecule has 0 aliphatic heterocycles. The van der Waals surface area contributed by atoms with Gasteiger partial charge < -0.3 is 30.5 Å². The molecule has 0 heterocycles. The molecule has 8 nitrogen and oxygen atoms in total. The molecule has 1 rings (SSSR count). The van der Waals surface area contributed by atoms with Crippen LogP contribution in [0.2, 0.25) is 0 Å². The smallest absolute Gasteiger partial charge is 0.300 e. The first-order chi connectivity index (χ1) is 11.2. The Kier molecular flexibility index (Phi) is 13.8. The van der Waals surface area contributed by atoms with Crippen LogP contribution in [-0.4, -0.2) is 40.5 Å². The van der Waals surface area contributed by atoms with Gasteiger partial charge in [0.2, 0.25) is 0 Å². The third kappa shape index (κ3) is 13.1. The molecule has 0 aliphatic rings. The van der Waals surface area contributed by atoms with Crippen molar-refractivity contribution in [1.82, 2.24) is 0 Å². The normalized spacial score (nSPS) is 8.83. The molecule has 0 spiro atoms. The number of aliphatic carboxylic acids is 2. The number of hydrogen-bond acceptors (Lipinski definition) is 6. The molecule has 0 bridgehead atoms. The summed E-state index contributed by atoms with van der Waals surface area (Å²) in [5, 5.41) is 24.4. The van der Waals surface area contributed by atoms with E-state index in [2.05, 4.69) is 0 Å². The van der Waals surface area contributed by atoms with Gasteiger partial charge in [-0.15, -0.1) is 0 Å². The maximum atomic E-state index is 9.61. The van der Waals surface area contributed by atoms with Crippen LogP contribution in [0.4, 0.5) is 5.69 Å². The van der Waals surface area contributed by atoms with Crippen LogP contribution in [-0.2, 0) is 9.59 Å². The standard InChI is InChI=1S/C12H19NO3.2C2H4O2/c1-3-7-15-10-6-5-9(14)12(11(10)13)16-8-4-2;2*1-2(3)4/h5-6,14H,3-4,7-8,13H2,1-2H3;2*1H3,(H,3,4). The summed E-state index contributed by atoms with van der Waals surface area (Å²) in [5.74, 6) is -0.740. The summed E-state index contributed by atoms with van der Waals surface area (Å²) in [6, 6.07) is 3.19. The zero-order valence-electron chi connectivity index (χ0n) is 14.5. The summed E-state index contributed by atoms with van der Waals surface area (Å²) >= 11 is 0. The van der Waals surface area contributed by atoms with Crippen LogP contribution in [0.5, 0.6) is 17.2 Å². The van der Waals surface area contributed by atoms with E-state index in [4.69, 9.17) is 35.0 Å². The van der Waals surface area contributed by atoms with Gasteiger partial charge in [0.05, 0.1) is 13.2 Å². The second-order valence-electron chi connectivity index (χ2n) is 4.56. The fourth-order valence-electron chi connectivity index (χ4n) is 1.26. The van der Waals surface area contributed by atoms with Crippen molar-refractivity contribution in [2.75, 3.05) is 18.9 Å². The molecule has 0 unspecified atom stereocenters. The molecular weight excluding hydrogens is 318 g/mol. The fourth-order valence-corrected chi connectivity index (χ4v) is 1.26. The number of phenolic OH excluding ortho intramolecular Hbond substituents is 1. The minimum atomic E-state index is -0.833. The average molecular weight is 345 g/mol. The molecule has 0 fully saturated rings. The molecule has 1 aromatic rings. The Morgan fingerprint density at radius 1 is 1.00 bits per heavy atom. The van der Waals surface area contributed by atoms with E-state index in [1.165, 1.54) is 6.07 Å². The SMILES string of the molecule is CC(=O)O.CC(=O)O.CCCOc1ccc(O)c(OCCC)c1N. The molecule has 5 N–H and O–H groups in total. The van der Waals surface area contributed by atoms with Crippen LogP contribution in [0.3, 0.4) is 0 Å². The van der Waals surface area contributed by atoms with Crippen LogP contribution >= 0.6 is 0 Å². The minimum Gasteiger partial charge on any atom is -0.504 e. The first-order valence-corrected chi connectivity index (χ1v) is 7.43. The van der Waals surface area contributed by atoms with Crippen LogP contribution in [0.15, 0.2) is 12.1 Å². The number of anilines is 1. The van der Waals surface area contributed by atoms with E-state index in [9.17, 15) is 5.11 Å². The van der Waals surface area contributed by atoms with Gasteiger partial charge in [-0.3, -0.25) is 9.59 Å². The van der Waals surface area contributed by atoms with Gasteiger partial charge in [-0.1, -0.05) is 13.8 Å². The van der Waals surface area contributed by atoms with Gasteiger partial charge in [0.15, 0.2) is 11.5 Å². The van der Waals surface area contributed by atoms with E-state index in [1.807, 2.05) is 13.8 Å². The molecule has 1 aromatic carbocycles. The highest BCUT2D eigenvalue weighted by atomic mass is 16.5. The molecule has 24 heavy (non-hydrogen) atoms. The third-order valence-corrected chi connectivity index (χ3v) is 2.05. The van der Waals surface area contributed by atoms with Gasteiger partial charge in [0, 0.05) is 13.8 Å². The van der Waals surface area contributed by atoms with Crippen molar-refractivity contribution in [2.45, 2.75) is 40.5 Å². The van der Waals surface area contributed by atoms with Gasteiger partial charge in [0.1, 0.15) is 11.4 Å². The monoisotopic (exact) mass is 345 g/mol. The number of ether oxygens (including phenoxy) is 2. The van der Waals surface area contributed by atoms with Gasteiger partial charge in [0.25, 0.3) is 11.9 Å². The molecule has 8 heteroatoms. The third-order valence-electron chi connectivity index (χ3n) is 2.05. The summed E-state index contributed by atoms with van der Waals surface area (Å²) in [6.45, 7) is 7.30. The number of phenols is 1. The highest BCUT2D eigenvalue weighted by Gasteiger charge is 2.12. The van der Waals surface area contributed by atoms with Crippen LogP contribution in [0, 0.1) is 0 Å². The number of carboxylic acid groups (broad SMARTS) is 2. The average Bonchev–Trinajstić information content (AvgIpc) is 2.45. The van der Waals surface area contributed by atoms with Gasteiger partial charge in [-0.2, -0.15) is 0 Å². The lowest BCUT2D eigenvalue weighted by atomic mass is 10.2. The summed E-state index contributed by atoms with van der Waals surface area (Å²) in [7, 11) is 0. The van der Waals surface area contributed by atoms with Gasteiger partial charge in [-0.05, 0) is 25.0 Å². The highest BCUT2D eigenvalue weighted by molar-refractivity contribution is 5.68. The second kappa shape index (κ2) is 14.0. The largest absolute Gasteiger partial charge is 0.504 e. The van der Waals surface area contributed by atoms with E-state index in [-0.39, 0.29) is 5.75 Å². The predicted molar refractivity (Wildman–Crippen MR) is 90.7 cm³/mol. The van der Waals surface area contributed by atoms with Crippen molar-refractivity contribution in [3.8, 4) is 17.2 Å². The zero-order valence-corrected chi connectivity index (χ0v) is 14.5. The van der Waals surface area contributed by atoms with Gasteiger partial charge in [-0.25, -0.2) is 0 Å². The molecule has 0 saturated heterocycles. The predicted octanol–water partition coefficient (Wildman–Crippen LogP) is 2.73. The first-order valence-electron chi connectivity index (χ1n) is 7.43. The van der Waals surface area contributed by atoms with Crippen molar-refractivity contribution in [1.29, 1.82) is 0 Å². The summed E-state index contributed by atoms with van der Waals surface area (Å²) in [5.41, 5.74) is 6.22. The van der Waals surface area contributed by atoms with E-state index in [0.717, 1.165) is 26.7 Å². The summed E-state index contributed by atoms with van der Waals surface area (Å²) in [4.78, 5) is 18.0. The Bertz CT molecular complexity index is 483. The molecule has 0 saturated carbocycles. The highest BCUT2D eigenvalue weighted by Crippen LogP contribution is 2.39. The number of benzene rings is 1. The molecule has 0 amide bonds. The quantitative estimate of drug-likeness (QED) is 0.577. The van der Waals surface area contributed by atoms with Crippen molar-refractivity contribution < 1.29 is 34.4 Å². The number of nitrogen functional groups attached to an aromatic ring is 1. The van der Waals surface area contributed by atoms with Crippen molar-refractivity contribution >= 4 is 17.6 Å². The maximum Gasteiger partial charge on any atom is 0.300 e. The molecular formula is C16H27NO7. The number of hydrogen-bond donors (Lipinski definition) is 4. The molecule has 0 aromatic heterocycles.